The molecule has 0 aromatic heterocycles. The predicted molar refractivity (Wildman–Crippen MR) is 81.3 cm³/mol. The smallest absolute Gasteiger partial charge is 0.238 e. The standard InChI is InChI=1S/C14H20N2O4S/c1-20-13-7-3-2-6-12(13)16-14(17)9-15-11-5-4-8-21(18,19)10-11/h2-3,6-7,11,15H,4-5,8-10H2,1H3,(H,16,17). The molecule has 0 saturated carbocycles. The molecule has 1 aromatic rings. The van der Waals surface area contributed by atoms with E-state index in [1.165, 1.54) is 7.11 Å². The van der Waals surface area contributed by atoms with Gasteiger partial charge in [-0.1, -0.05) is 12.1 Å². The summed E-state index contributed by atoms with van der Waals surface area (Å²) in [4.78, 5) is 11.9. The van der Waals surface area contributed by atoms with Gasteiger partial charge in [0.05, 0.1) is 30.8 Å². The topological polar surface area (TPSA) is 84.5 Å². The fourth-order valence-corrected chi connectivity index (χ4v) is 4.03. The maximum Gasteiger partial charge on any atom is 0.238 e. The Balaban J connectivity index is 1.85. The predicted octanol–water partition coefficient (Wildman–Crippen LogP) is 0.800. The molecular weight excluding hydrogens is 292 g/mol. The minimum Gasteiger partial charge on any atom is -0.495 e. The van der Waals surface area contributed by atoms with Crippen molar-refractivity contribution in [1.82, 2.24) is 5.32 Å². The molecular formula is C14H20N2O4S. The molecule has 2 N–H and O–H groups in total. The summed E-state index contributed by atoms with van der Waals surface area (Å²) in [5.41, 5.74) is 0.600. The van der Waals surface area contributed by atoms with Crippen LogP contribution in [0.5, 0.6) is 5.75 Å². The highest BCUT2D eigenvalue weighted by Gasteiger charge is 2.24. The van der Waals surface area contributed by atoms with Crippen molar-refractivity contribution in [1.29, 1.82) is 0 Å². The number of methoxy groups -OCH3 is 1. The van der Waals surface area contributed by atoms with Crippen LogP contribution >= 0.6 is 0 Å². The molecule has 1 amide bonds. The van der Waals surface area contributed by atoms with Gasteiger partial charge < -0.3 is 15.4 Å². The van der Waals surface area contributed by atoms with Crippen LogP contribution in [0.3, 0.4) is 0 Å². The highest BCUT2D eigenvalue weighted by molar-refractivity contribution is 7.91. The van der Waals surface area contributed by atoms with E-state index in [0.717, 1.165) is 6.42 Å². The molecule has 1 heterocycles. The van der Waals surface area contributed by atoms with Gasteiger partial charge in [0.15, 0.2) is 9.84 Å². The van der Waals surface area contributed by atoms with Crippen LogP contribution in [0.4, 0.5) is 5.69 Å². The second-order valence-electron chi connectivity index (χ2n) is 5.08. The minimum absolute atomic E-state index is 0.0816. The number of para-hydroxylation sites is 2. The zero-order valence-corrected chi connectivity index (χ0v) is 12.8. The fraction of sp³-hybridized carbons (Fsp3) is 0.500. The third-order valence-corrected chi connectivity index (χ3v) is 5.22. The zero-order valence-electron chi connectivity index (χ0n) is 12.0. The van der Waals surface area contributed by atoms with Crippen molar-refractivity contribution in [3.63, 3.8) is 0 Å². The van der Waals surface area contributed by atoms with E-state index in [9.17, 15) is 13.2 Å². The van der Waals surface area contributed by atoms with Crippen molar-refractivity contribution in [2.75, 3.05) is 30.5 Å². The molecule has 21 heavy (non-hydrogen) atoms. The van der Waals surface area contributed by atoms with Crippen molar-refractivity contribution in [2.24, 2.45) is 0 Å². The molecule has 0 radical (unpaired) electrons. The van der Waals surface area contributed by atoms with Gasteiger partial charge in [-0.3, -0.25) is 4.79 Å². The average molecular weight is 312 g/mol. The molecule has 1 atom stereocenters. The van der Waals surface area contributed by atoms with Gasteiger partial charge in [-0.05, 0) is 25.0 Å². The first-order valence-corrected chi connectivity index (χ1v) is 8.69. The lowest BCUT2D eigenvalue weighted by Crippen LogP contribution is -2.43. The number of carbonyl (C=O) groups is 1. The highest BCUT2D eigenvalue weighted by Crippen LogP contribution is 2.22. The van der Waals surface area contributed by atoms with Crippen LogP contribution in [0.15, 0.2) is 24.3 Å². The van der Waals surface area contributed by atoms with Crippen LogP contribution in [0.25, 0.3) is 0 Å². The Bertz CT molecular complexity index is 601. The first kappa shape index (κ1) is 15.8. The Kier molecular flexibility index (Phi) is 5.19. The molecule has 1 aliphatic heterocycles. The van der Waals surface area contributed by atoms with E-state index in [2.05, 4.69) is 10.6 Å². The number of hydrogen-bond acceptors (Lipinski definition) is 5. The third-order valence-electron chi connectivity index (χ3n) is 3.40. The lowest BCUT2D eigenvalue weighted by molar-refractivity contribution is -0.115. The number of nitrogens with one attached hydrogen (secondary N) is 2. The van der Waals surface area contributed by atoms with Gasteiger partial charge in [0.25, 0.3) is 0 Å². The number of hydrogen-bond donors (Lipinski definition) is 2. The fourth-order valence-electron chi connectivity index (χ4n) is 2.36. The van der Waals surface area contributed by atoms with Gasteiger partial charge >= 0.3 is 0 Å². The number of rotatable bonds is 5. The molecule has 7 heteroatoms. The van der Waals surface area contributed by atoms with Crippen LogP contribution < -0.4 is 15.4 Å². The van der Waals surface area contributed by atoms with E-state index in [0.29, 0.717) is 17.9 Å². The van der Waals surface area contributed by atoms with E-state index in [-0.39, 0.29) is 30.0 Å². The molecule has 1 aromatic carbocycles. The summed E-state index contributed by atoms with van der Waals surface area (Å²) in [5.74, 6) is 0.724. The lowest BCUT2D eigenvalue weighted by Gasteiger charge is -2.22. The Hall–Kier alpha value is -1.60. The summed E-state index contributed by atoms with van der Waals surface area (Å²) in [6, 6.07) is 6.99. The molecule has 0 bridgehead atoms. The van der Waals surface area contributed by atoms with Gasteiger partial charge in [-0.25, -0.2) is 8.42 Å². The third kappa shape index (κ3) is 4.71. The normalized spacial score (nSPS) is 20.7. The van der Waals surface area contributed by atoms with Crippen molar-refractivity contribution in [3.05, 3.63) is 24.3 Å². The summed E-state index contributed by atoms with van der Waals surface area (Å²) in [6.07, 6.45) is 1.43. The lowest BCUT2D eigenvalue weighted by atomic mass is 10.2. The first-order valence-electron chi connectivity index (χ1n) is 6.87. The van der Waals surface area contributed by atoms with E-state index in [1.54, 1.807) is 18.2 Å². The Labute approximate surface area is 124 Å². The van der Waals surface area contributed by atoms with E-state index >= 15 is 0 Å². The van der Waals surface area contributed by atoms with Gasteiger partial charge in [0, 0.05) is 6.04 Å². The second-order valence-corrected chi connectivity index (χ2v) is 7.31. The quantitative estimate of drug-likeness (QED) is 0.840. The monoisotopic (exact) mass is 312 g/mol. The zero-order chi connectivity index (χ0) is 15.3. The molecule has 1 unspecified atom stereocenters. The molecule has 6 nitrogen and oxygen atoms in total. The minimum atomic E-state index is -2.96. The number of ether oxygens (including phenoxy) is 1. The first-order chi connectivity index (χ1) is 10.00. The largest absolute Gasteiger partial charge is 0.495 e. The van der Waals surface area contributed by atoms with Crippen LogP contribution in [-0.2, 0) is 14.6 Å². The average Bonchev–Trinajstić information content (AvgIpc) is 2.45. The number of carbonyl (C=O) groups excluding carboxylic acids is 1. The van der Waals surface area contributed by atoms with Gasteiger partial charge in [-0.15, -0.1) is 0 Å². The summed E-state index contributed by atoms with van der Waals surface area (Å²) in [5, 5.41) is 5.75. The van der Waals surface area contributed by atoms with E-state index in [4.69, 9.17) is 4.74 Å². The van der Waals surface area contributed by atoms with Gasteiger partial charge in [0.2, 0.25) is 5.91 Å². The van der Waals surface area contributed by atoms with Crippen molar-refractivity contribution in [2.45, 2.75) is 18.9 Å². The molecule has 0 spiro atoms. The number of sulfone groups is 1. The van der Waals surface area contributed by atoms with Gasteiger partial charge in [-0.2, -0.15) is 0 Å². The molecule has 1 saturated heterocycles. The summed E-state index contributed by atoms with van der Waals surface area (Å²) >= 11 is 0. The summed E-state index contributed by atoms with van der Waals surface area (Å²) in [7, 11) is -1.43. The second kappa shape index (κ2) is 6.91. The summed E-state index contributed by atoms with van der Waals surface area (Å²) < 4.78 is 28.2. The molecule has 1 aliphatic rings. The molecule has 2 rings (SSSR count). The van der Waals surface area contributed by atoms with Crippen LogP contribution in [0.1, 0.15) is 12.8 Å². The number of amides is 1. The van der Waals surface area contributed by atoms with Crippen molar-refractivity contribution in [3.8, 4) is 5.75 Å². The Morgan fingerprint density at radius 1 is 1.38 bits per heavy atom. The molecule has 0 aliphatic carbocycles. The highest BCUT2D eigenvalue weighted by atomic mass is 32.2. The Morgan fingerprint density at radius 3 is 2.86 bits per heavy atom. The number of benzene rings is 1. The van der Waals surface area contributed by atoms with Gasteiger partial charge in [0.1, 0.15) is 5.75 Å². The van der Waals surface area contributed by atoms with E-state index in [1.807, 2.05) is 6.07 Å². The molecule has 116 valence electrons. The Morgan fingerprint density at radius 2 is 2.14 bits per heavy atom. The van der Waals surface area contributed by atoms with Crippen LogP contribution in [-0.4, -0.2) is 45.5 Å². The SMILES string of the molecule is COc1ccccc1NC(=O)CNC1CCCS(=O)(=O)C1. The van der Waals surface area contributed by atoms with Crippen LogP contribution in [0.2, 0.25) is 0 Å². The van der Waals surface area contributed by atoms with E-state index < -0.39 is 9.84 Å². The maximum absolute atomic E-state index is 11.9. The summed E-state index contributed by atoms with van der Waals surface area (Å²) in [6.45, 7) is 0.0816. The number of anilines is 1. The molecule has 1 fully saturated rings. The van der Waals surface area contributed by atoms with Crippen molar-refractivity contribution < 1.29 is 17.9 Å². The van der Waals surface area contributed by atoms with Crippen molar-refractivity contribution >= 4 is 21.4 Å². The maximum atomic E-state index is 11.9. The van der Waals surface area contributed by atoms with Crippen LogP contribution in [0, 0.1) is 0 Å².